The highest BCUT2D eigenvalue weighted by Gasteiger charge is 2.19. The van der Waals surface area contributed by atoms with Gasteiger partial charge in [-0.2, -0.15) is 0 Å². The van der Waals surface area contributed by atoms with E-state index in [0.29, 0.717) is 0 Å². The molecule has 0 saturated heterocycles. The second-order valence-electron chi connectivity index (χ2n) is 12.0. The first-order valence-electron chi connectivity index (χ1n) is 16.3. The topological polar surface area (TPSA) is 18.5 Å². The van der Waals surface area contributed by atoms with E-state index in [0.717, 1.165) is 30.8 Å². The highest BCUT2D eigenvalue weighted by molar-refractivity contribution is 4.80. The molecular formula is C34H68NO2+. The van der Waals surface area contributed by atoms with E-state index >= 15 is 0 Å². The number of allylic oxidation sites excluding steroid dienone is 4. The summed E-state index contributed by atoms with van der Waals surface area (Å²) in [6.45, 7) is 7.94. The van der Waals surface area contributed by atoms with Crippen molar-refractivity contribution in [1.82, 2.24) is 0 Å². The van der Waals surface area contributed by atoms with Crippen LogP contribution in [-0.4, -0.2) is 58.1 Å². The smallest absolute Gasteiger partial charge is 0.130 e. The van der Waals surface area contributed by atoms with Crippen molar-refractivity contribution in [3.8, 4) is 0 Å². The molecule has 0 aromatic rings. The highest BCUT2D eigenvalue weighted by atomic mass is 16.5. The number of nitrogens with zero attached hydrogens (tertiary/aromatic N) is 1. The first kappa shape index (κ1) is 36.4. The van der Waals surface area contributed by atoms with E-state index in [9.17, 15) is 0 Å². The normalized spacial score (nSPS) is 13.3. The SMILES string of the molecule is CC/C=C\CCCCCCCCCCOCC(C[N+](C)(C)C)OCCCCCCCCCC/C=C\CC. The summed E-state index contributed by atoms with van der Waals surface area (Å²) in [5, 5.41) is 0. The van der Waals surface area contributed by atoms with Gasteiger partial charge in [-0.15, -0.1) is 0 Å². The Morgan fingerprint density at radius 2 is 0.919 bits per heavy atom. The van der Waals surface area contributed by atoms with Gasteiger partial charge in [-0.05, 0) is 51.4 Å². The molecule has 1 atom stereocenters. The molecule has 0 bridgehead atoms. The number of likely N-dealkylation sites (N-methyl/N-ethyl adjacent to an activating group) is 1. The van der Waals surface area contributed by atoms with Crippen molar-refractivity contribution in [2.75, 3.05) is 47.5 Å². The molecular weight excluding hydrogens is 454 g/mol. The van der Waals surface area contributed by atoms with Gasteiger partial charge in [0, 0.05) is 13.2 Å². The van der Waals surface area contributed by atoms with Crippen molar-refractivity contribution in [2.45, 2.75) is 148 Å². The molecule has 0 amide bonds. The van der Waals surface area contributed by atoms with Crippen LogP contribution < -0.4 is 0 Å². The maximum atomic E-state index is 6.27. The van der Waals surface area contributed by atoms with E-state index in [1.54, 1.807) is 0 Å². The zero-order chi connectivity index (χ0) is 27.3. The predicted molar refractivity (Wildman–Crippen MR) is 165 cm³/mol. The summed E-state index contributed by atoms with van der Waals surface area (Å²) in [4.78, 5) is 0. The second kappa shape index (κ2) is 28.4. The van der Waals surface area contributed by atoms with Gasteiger partial charge in [0.2, 0.25) is 0 Å². The van der Waals surface area contributed by atoms with Gasteiger partial charge in [-0.25, -0.2) is 0 Å². The Kier molecular flexibility index (Phi) is 27.9. The van der Waals surface area contributed by atoms with Crippen molar-refractivity contribution in [3.63, 3.8) is 0 Å². The lowest BCUT2D eigenvalue weighted by molar-refractivity contribution is -0.873. The van der Waals surface area contributed by atoms with E-state index in [-0.39, 0.29) is 6.10 Å². The van der Waals surface area contributed by atoms with Crippen LogP contribution in [0.1, 0.15) is 142 Å². The standard InChI is InChI=1S/C34H68NO2/c1-6-8-10-12-14-16-18-20-22-24-26-28-30-36-33-34(32-35(3,4)5)37-31-29-27-25-23-21-19-17-15-13-11-9-7-2/h8-11,34H,6-7,12-33H2,1-5H3/q+1/b10-8-,11-9-. The van der Waals surface area contributed by atoms with Crippen LogP contribution >= 0.6 is 0 Å². The fraction of sp³-hybridized carbons (Fsp3) is 0.882. The second-order valence-corrected chi connectivity index (χ2v) is 12.0. The van der Waals surface area contributed by atoms with Gasteiger partial charge in [0.25, 0.3) is 0 Å². The molecule has 220 valence electrons. The van der Waals surface area contributed by atoms with E-state index < -0.39 is 0 Å². The molecule has 0 fully saturated rings. The van der Waals surface area contributed by atoms with Crippen molar-refractivity contribution in [1.29, 1.82) is 0 Å². The van der Waals surface area contributed by atoms with Crippen LogP contribution in [0.3, 0.4) is 0 Å². The van der Waals surface area contributed by atoms with Gasteiger partial charge in [0.1, 0.15) is 12.6 Å². The highest BCUT2D eigenvalue weighted by Crippen LogP contribution is 2.12. The maximum Gasteiger partial charge on any atom is 0.130 e. The summed E-state index contributed by atoms with van der Waals surface area (Å²) >= 11 is 0. The minimum atomic E-state index is 0.217. The van der Waals surface area contributed by atoms with Gasteiger partial charge in [-0.3, -0.25) is 0 Å². The molecule has 0 aliphatic carbocycles. The van der Waals surface area contributed by atoms with Crippen LogP contribution in [-0.2, 0) is 9.47 Å². The third-order valence-electron chi connectivity index (χ3n) is 6.89. The average molecular weight is 523 g/mol. The van der Waals surface area contributed by atoms with Gasteiger partial charge in [-0.1, -0.05) is 115 Å². The molecule has 0 aromatic heterocycles. The predicted octanol–water partition coefficient (Wildman–Crippen LogP) is 10.0. The molecule has 3 nitrogen and oxygen atoms in total. The summed E-state index contributed by atoms with van der Waals surface area (Å²) in [6, 6.07) is 0. The van der Waals surface area contributed by atoms with E-state index in [1.165, 1.54) is 128 Å². The zero-order valence-electron chi connectivity index (χ0n) is 26.1. The molecule has 0 heterocycles. The number of quaternary nitrogens is 1. The summed E-state index contributed by atoms with van der Waals surface area (Å²) < 4.78 is 13.3. The zero-order valence-corrected chi connectivity index (χ0v) is 26.1. The molecule has 37 heavy (non-hydrogen) atoms. The van der Waals surface area contributed by atoms with Gasteiger partial charge < -0.3 is 14.0 Å². The third-order valence-corrected chi connectivity index (χ3v) is 6.89. The van der Waals surface area contributed by atoms with Crippen molar-refractivity contribution >= 4 is 0 Å². The quantitative estimate of drug-likeness (QED) is 0.0552. The largest absolute Gasteiger partial charge is 0.379 e. The Labute approximate surface area is 234 Å². The fourth-order valence-electron chi connectivity index (χ4n) is 4.75. The Morgan fingerprint density at radius 1 is 0.514 bits per heavy atom. The van der Waals surface area contributed by atoms with Crippen LogP contribution in [0.2, 0.25) is 0 Å². The summed E-state index contributed by atoms with van der Waals surface area (Å²) in [6.07, 6.45) is 35.9. The number of rotatable bonds is 29. The van der Waals surface area contributed by atoms with Gasteiger partial charge in [0.15, 0.2) is 0 Å². The molecule has 1 unspecified atom stereocenters. The Morgan fingerprint density at radius 3 is 1.35 bits per heavy atom. The Bertz CT molecular complexity index is 495. The first-order chi connectivity index (χ1) is 18.0. The van der Waals surface area contributed by atoms with Crippen LogP contribution in [0, 0.1) is 0 Å². The number of hydrogen-bond acceptors (Lipinski definition) is 2. The average Bonchev–Trinajstić information content (AvgIpc) is 2.86. The first-order valence-corrected chi connectivity index (χ1v) is 16.3. The molecule has 0 aromatic carbocycles. The maximum absolute atomic E-state index is 6.27. The fourth-order valence-corrected chi connectivity index (χ4v) is 4.75. The van der Waals surface area contributed by atoms with E-state index in [4.69, 9.17) is 9.47 Å². The van der Waals surface area contributed by atoms with Crippen LogP contribution in [0.15, 0.2) is 24.3 Å². The molecule has 0 aliphatic heterocycles. The van der Waals surface area contributed by atoms with Crippen molar-refractivity contribution < 1.29 is 14.0 Å². The molecule has 0 spiro atoms. The number of ether oxygens (including phenoxy) is 2. The lowest BCUT2D eigenvalue weighted by Gasteiger charge is -2.29. The molecule has 3 heteroatoms. The minimum Gasteiger partial charge on any atom is -0.379 e. The molecule has 0 rings (SSSR count). The number of hydrogen-bond donors (Lipinski definition) is 0. The minimum absolute atomic E-state index is 0.217. The van der Waals surface area contributed by atoms with E-state index in [1.807, 2.05) is 0 Å². The third kappa shape index (κ3) is 31.5. The van der Waals surface area contributed by atoms with E-state index in [2.05, 4.69) is 59.3 Å². The van der Waals surface area contributed by atoms with Crippen LogP contribution in [0.4, 0.5) is 0 Å². The molecule has 0 radical (unpaired) electrons. The molecule has 0 N–H and O–H groups in total. The van der Waals surface area contributed by atoms with Crippen molar-refractivity contribution in [2.24, 2.45) is 0 Å². The van der Waals surface area contributed by atoms with Gasteiger partial charge >= 0.3 is 0 Å². The van der Waals surface area contributed by atoms with Crippen molar-refractivity contribution in [3.05, 3.63) is 24.3 Å². The lowest BCUT2D eigenvalue weighted by Crippen LogP contribution is -2.44. The monoisotopic (exact) mass is 523 g/mol. The molecule has 0 saturated carbocycles. The van der Waals surface area contributed by atoms with Gasteiger partial charge in [0.05, 0.1) is 27.7 Å². The Balaban J connectivity index is 3.65. The summed E-state index contributed by atoms with van der Waals surface area (Å²) in [5.74, 6) is 0. The Hall–Kier alpha value is -0.640. The van der Waals surface area contributed by atoms with Crippen LogP contribution in [0.5, 0.6) is 0 Å². The summed E-state index contributed by atoms with van der Waals surface area (Å²) in [5.41, 5.74) is 0. The number of unbranched alkanes of at least 4 members (excludes halogenated alkanes) is 16. The lowest BCUT2D eigenvalue weighted by atomic mass is 10.1. The summed E-state index contributed by atoms with van der Waals surface area (Å²) in [7, 11) is 6.75. The van der Waals surface area contributed by atoms with Crippen LogP contribution in [0.25, 0.3) is 0 Å². The molecule has 0 aliphatic rings.